The van der Waals surface area contributed by atoms with Crippen LogP contribution in [0.25, 0.3) is 22.3 Å². The van der Waals surface area contributed by atoms with Gasteiger partial charge in [-0.2, -0.15) is 0 Å². The topological polar surface area (TPSA) is 18.5 Å². The van der Waals surface area contributed by atoms with Crippen molar-refractivity contribution in [3.8, 4) is 22.3 Å². The van der Waals surface area contributed by atoms with Gasteiger partial charge in [-0.25, -0.2) is 0 Å². The van der Waals surface area contributed by atoms with Gasteiger partial charge in [0.25, 0.3) is 0 Å². The van der Waals surface area contributed by atoms with E-state index in [0.717, 1.165) is 39.8 Å². The third kappa shape index (κ3) is 7.98. The Labute approximate surface area is 321 Å². The molecule has 0 spiro atoms. The molecular formula is C50H42N3P. The summed E-state index contributed by atoms with van der Waals surface area (Å²) in [6.45, 7) is 4.26. The van der Waals surface area contributed by atoms with Gasteiger partial charge in [0.15, 0.2) is 0 Å². The molecule has 1 unspecified atom stereocenters. The second-order valence-electron chi connectivity index (χ2n) is 13.5. The van der Waals surface area contributed by atoms with E-state index in [2.05, 4.69) is 235 Å². The highest BCUT2D eigenvalue weighted by molar-refractivity contribution is 7.49. The molecule has 54 heavy (non-hydrogen) atoms. The Morgan fingerprint density at radius 2 is 0.870 bits per heavy atom. The van der Waals surface area contributed by atoms with Crippen LogP contribution in [0.3, 0.4) is 0 Å². The summed E-state index contributed by atoms with van der Waals surface area (Å²) in [5.41, 5.74) is 15.0. The number of benzene rings is 8. The van der Waals surface area contributed by atoms with Gasteiger partial charge in [0.05, 0.1) is 11.4 Å². The summed E-state index contributed by atoms with van der Waals surface area (Å²) in [7, 11) is 0.331. The molecule has 3 nitrogen and oxygen atoms in total. The van der Waals surface area contributed by atoms with Crippen LogP contribution in [0.4, 0.5) is 39.8 Å². The first kappa shape index (κ1) is 34.7. The summed E-state index contributed by atoms with van der Waals surface area (Å²) in [6.07, 6.45) is 0. The second kappa shape index (κ2) is 16.1. The molecule has 0 amide bonds. The van der Waals surface area contributed by atoms with Gasteiger partial charge in [0.1, 0.15) is 0 Å². The molecule has 0 heterocycles. The Hall–Kier alpha value is -6.41. The highest BCUT2D eigenvalue weighted by atomic mass is 31.1. The van der Waals surface area contributed by atoms with Crippen molar-refractivity contribution in [3.63, 3.8) is 0 Å². The number of nitrogens with one attached hydrogen (secondary N) is 1. The Morgan fingerprint density at radius 1 is 0.389 bits per heavy atom. The minimum absolute atomic E-state index is 0.331. The van der Waals surface area contributed by atoms with Gasteiger partial charge in [-0.1, -0.05) is 145 Å². The molecule has 8 aromatic rings. The van der Waals surface area contributed by atoms with Crippen molar-refractivity contribution >= 4 is 53.8 Å². The highest BCUT2D eigenvalue weighted by Crippen LogP contribution is 2.43. The smallest absolute Gasteiger partial charge is 0.0684 e. The van der Waals surface area contributed by atoms with E-state index in [9.17, 15) is 0 Å². The molecule has 8 aromatic carbocycles. The van der Waals surface area contributed by atoms with E-state index in [0.29, 0.717) is 8.73 Å². The Morgan fingerprint density at radius 3 is 1.46 bits per heavy atom. The molecule has 0 radical (unpaired) electrons. The third-order valence-corrected chi connectivity index (χ3v) is 10.9. The predicted molar refractivity (Wildman–Crippen MR) is 234 cm³/mol. The molecule has 0 aliphatic heterocycles. The van der Waals surface area contributed by atoms with Gasteiger partial charge in [-0.3, -0.25) is 0 Å². The fraction of sp³-hybridized carbons (Fsp3) is 0.0400. The van der Waals surface area contributed by atoms with E-state index in [1.165, 1.54) is 38.7 Å². The summed E-state index contributed by atoms with van der Waals surface area (Å²) in [6, 6.07) is 73.9. The van der Waals surface area contributed by atoms with E-state index in [-0.39, 0.29) is 0 Å². The summed E-state index contributed by atoms with van der Waals surface area (Å²) in [5.74, 6) is 0. The SMILES string of the molecule is Cc1ccc(N(c2ccc(C)cc2)c2ccc(PN(c3cccc(-c4ccccc4)c3)c3ccccc3Nc3cccc(-c4ccccc4)c3)cc2)cc1. The van der Waals surface area contributed by atoms with Crippen molar-refractivity contribution in [2.24, 2.45) is 0 Å². The van der Waals surface area contributed by atoms with Crippen LogP contribution in [0.15, 0.2) is 206 Å². The largest absolute Gasteiger partial charge is 0.354 e. The molecule has 1 N–H and O–H groups in total. The minimum atomic E-state index is 0.331. The first-order chi connectivity index (χ1) is 26.6. The first-order valence-corrected chi connectivity index (χ1v) is 19.3. The average molecular weight is 716 g/mol. The van der Waals surface area contributed by atoms with Crippen molar-refractivity contribution in [3.05, 3.63) is 217 Å². The molecule has 0 aliphatic carbocycles. The number of hydrogen-bond acceptors (Lipinski definition) is 3. The first-order valence-electron chi connectivity index (χ1n) is 18.3. The molecule has 4 heteroatoms. The monoisotopic (exact) mass is 715 g/mol. The van der Waals surface area contributed by atoms with Crippen LogP contribution in [0, 0.1) is 13.8 Å². The van der Waals surface area contributed by atoms with Crippen molar-refractivity contribution in [2.75, 3.05) is 14.9 Å². The number of hydrogen-bond donors (Lipinski definition) is 1. The van der Waals surface area contributed by atoms with Crippen molar-refractivity contribution < 1.29 is 0 Å². The van der Waals surface area contributed by atoms with Crippen LogP contribution in [0.5, 0.6) is 0 Å². The van der Waals surface area contributed by atoms with E-state index < -0.39 is 0 Å². The van der Waals surface area contributed by atoms with E-state index in [1.807, 2.05) is 0 Å². The van der Waals surface area contributed by atoms with Gasteiger partial charge in [-0.05, 0) is 114 Å². The maximum Gasteiger partial charge on any atom is 0.0684 e. The molecule has 0 aromatic heterocycles. The van der Waals surface area contributed by atoms with Gasteiger partial charge < -0.3 is 14.9 Å². The summed E-state index contributed by atoms with van der Waals surface area (Å²) in [5, 5.41) is 5.02. The van der Waals surface area contributed by atoms with E-state index in [4.69, 9.17) is 0 Å². The Balaban J connectivity index is 1.16. The second-order valence-corrected chi connectivity index (χ2v) is 14.8. The van der Waals surface area contributed by atoms with Crippen LogP contribution in [-0.4, -0.2) is 0 Å². The summed E-state index contributed by atoms with van der Waals surface area (Å²) in [4.78, 5) is 2.33. The lowest BCUT2D eigenvalue weighted by molar-refractivity contribution is 1.27. The van der Waals surface area contributed by atoms with Gasteiger partial charge >= 0.3 is 0 Å². The van der Waals surface area contributed by atoms with Crippen LogP contribution in [0.2, 0.25) is 0 Å². The number of aryl methyl sites for hydroxylation is 2. The summed E-state index contributed by atoms with van der Waals surface area (Å²) >= 11 is 0. The molecule has 0 bridgehead atoms. The molecule has 0 fully saturated rings. The van der Waals surface area contributed by atoms with Gasteiger partial charge in [0.2, 0.25) is 0 Å². The third-order valence-electron chi connectivity index (χ3n) is 9.56. The minimum Gasteiger partial charge on any atom is -0.354 e. The number of nitrogens with zero attached hydrogens (tertiary/aromatic N) is 2. The highest BCUT2D eigenvalue weighted by Gasteiger charge is 2.18. The lowest BCUT2D eigenvalue weighted by Crippen LogP contribution is -2.14. The number of anilines is 7. The van der Waals surface area contributed by atoms with Crippen LogP contribution in [0.1, 0.15) is 11.1 Å². The fourth-order valence-corrected chi connectivity index (χ4v) is 7.86. The fourth-order valence-electron chi connectivity index (χ4n) is 6.70. The zero-order valence-corrected chi connectivity index (χ0v) is 31.5. The predicted octanol–water partition coefficient (Wildman–Crippen LogP) is 13.9. The zero-order valence-electron chi connectivity index (χ0n) is 30.5. The van der Waals surface area contributed by atoms with Crippen LogP contribution in [-0.2, 0) is 0 Å². The Bertz CT molecular complexity index is 2400. The molecule has 0 saturated carbocycles. The van der Waals surface area contributed by atoms with Crippen LogP contribution < -0.4 is 20.2 Å². The Kier molecular flexibility index (Phi) is 10.3. The quantitative estimate of drug-likeness (QED) is 0.135. The maximum absolute atomic E-state index is 3.79. The molecule has 0 saturated heterocycles. The summed E-state index contributed by atoms with van der Waals surface area (Å²) < 4.78 is 2.45. The zero-order chi connectivity index (χ0) is 36.7. The molecule has 8 rings (SSSR count). The van der Waals surface area contributed by atoms with Crippen molar-refractivity contribution in [1.29, 1.82) is 0 Å². The normalized spacial score (nSPS) is 11.1. The number of para-hydroxylation sites is 2. The van der Waals surface area contributed by atoms with Gasteiger partial charge in [0, 0.05) is 37.2 Å². The van der Waals surface area contributed by atoms with Crippen molar-refractivity contribution in [2.45, 2.75) is 13.8 Å². The maximum atomic E-state index is 3.79. The lowest BCUT2D eigenvalue weighted by Gasteiger charge is -2.29. The molecular weight excluding hydrogens is 674 g/mol. The standard InChI is InChI=1S/C50H42N3P/c1-37-23-27-44(28-24-37)52(45-29-25-38(2)26-30-45)46-31-33-48(34-32-46)54-53(47-20-12-18-42(36-47)40-15-7-4-8-16-40)50-22-10-9-21-49(50)51-43-19-11-17-41(35-43)39-13-5-3-6-14-39/h3-36,51,54H,1-2H3. The van der Waals surface area contributed by atoms with E-state index in [1.54, 1.807) is 0 Å². The molecule has 1 atom stereocenters. The van der Waals surface area contributed by atoms with Crippen molar-refractivity contribution in [1.82, 2.24) is 0 Å². The molecule has 0 aliphatic rings. The van der Waals surface area contributed by atoms with Gasteiger partial charge in [-0.15, -0.1) is 0 Å². The average Bonchev–Trinajstić information content (AvgIpc) is 3.23. The van der Waals surface area contributed by atoms with E-state index >= 15 is 0 Å². The number of rotatable bonds is 11. The molecule has 262 valence electrons. The van der Waals surface area contributed by atoms with Crippen LogP contribution >= 0.6 is 8.73 Å². The lowest BCUT2D eigenvalue weighted by atomic mass is 10.0.